The molecule has 0 saturated heterocycles. The maximum Gasteiger partial charge on any atom is 0.266 e. The van der Waals surface area contributed by atoms with Gasteiger partial charge in [-0.3, -0.25) is 9.59 Å². The van der Waals surface area contributed by atoms with Gasteiger partial charge in [0.05, 0.1) is 16.8 Å². The van der Waals surface area contributed by atoms with E-state index in [1.54, 1.807) is 0 Å². The molecular weight excluding hydrogens is 436 g/mol. The molecule has 2 N–H and O–H groups in total. The molecule has 6 heteroatoms. The van der Waals surface area contributed by atoms with Crippen LogP contribution in [-0.2, 0) is 29.6 Å². The lowest BCUT2D eigenvalue weighted by atomic mass is 9.93. The fraction of sp³-hybridized carbons (Fsp3) is 0.310. The number of benzene rings is 2. The highest BCUT2D eigenvalue weighted by atomic mass is 16.2. The largest absolute Gasteiger partial charge is 0.350 e. The molecule has 0 bridgehead atoms. The summed E-state index contributed by atoms with van der Waals surface area (Å²) in [4.78, 5) is 28.9. The first-order chi connectivity index (χ1) is 16.9. The van der Waals surface area contributed by atoms with E-state index >= 15 is 0 Å². The van der Waals surface area contributed by atoms with Crippen LogP contribution in [0, 0.1) is 5.92 Å². The Bertz CT molecular complexity index is 1550. The number of hydrogen-bond acceptors (Lipinski definition) is 3. The molecular formula is C29H30N4O2. The first-order valence-corrected chi connectivity index (χ1v) is 12.4. The van der Waals surface area contributed by atoms with Crippen LogP contribution in [-0.4, -0.2) is 20.9 Å². The molecule has 2 amide bonds. The Morgan fingerprint density at radius 2 is 1.74 bits per heavy atom. The van der Waals surface area contributed by atoms with Gasteiger partial charge in [0, 0.05) is 59.5 Å². The van der Waals surface area contributed by atoms with Crippen molar-refractivity contribution in [2.75, 3.05) is 4.90 Å². The zero-order valence-electron chi connectivity index (χ0n) is 20.4. The summed E-state index contributed by atoms with van der Waals surface area (Å²) >= 11 is 0. The molecule has 2 aliphatic heterocycles. The topological polar surface area (TPSA) is 73.3 Å². The van der Waals surface area contributed by atoms with Crippen molar-refractivity contribution in [3.63, 3.8) is 0 Å². The maximum absolute atomic E-state index is 14.0. The molecule has 4 aromatic rings. The molecule has 0 unspecified atom stereocenters. The highest BCUT2D eigenvalue weighted by Crippen LogP contribution is 2.44. The van der Waals surface area contributed by atoms with Gasteiger partial charge in [-0.25, -0.2) is 4.90 Å². The van der Waals surface area contributed by atoms with Crippen LogP contribution in [0.5, 0.6) is 0 Å². The van der Waals surface area contributed by atoms with Crippen LogP contribution in [0.25, 0.3) is 27.4 Å². The van der Waals surface area contributed by atoms with Crippen LogP contribution in [0.4, 0.5) is 5.69 Å². The summed E-state index contributed by atoms with van der Waals surface area (Å²) in [5.41, 5.74) is 12.8. The number of aromatic nitrogens is 2. The molecule has 0 radical (unpaired) electrons. The molecule has 0 saturated carbocycles. The van der Waals surface area contributed by atoms with Gasteiger partial charge in [0.15, 0.2) is 0 Å². The zero-order chi connectivity index (χ0) is 24.4. The van der Waals surface area contributed by atoms with Crippen molar-refractivity contribution in [1.29, 1.82) is 0 Å². The first-order valence-electron chi connectivity index (χ1n) is 12.4. The van der Waals surface area contributed by atoms with Crippen LogP contribution < -0.4 is 10.6 Å². The number of anilines is 1. The van der Waals surface area contributed by atoms with Crippen molar-refractivity contribution >= 4 is 44.9 Å². The summed E-state index contributed by atoms with van der Waals surface area (Å²) < 4.78 is 4.29. The summed E-state index contributed by atoms with van der Waals surface area (Å²) in [6, 6.07) is 14.0. The number of nitrogens with two attached hydrogens (primary N) is 1. The SMILES string of the molecule is CC(C)[C@H](N)c1cccc2c1c(N1C(=O)C=C(c3cn(C)c4ccccc34)C1=O)c1n2CCCC1. The van der Waals surface area contributed by atoms with E-state index in [9.17, 15) is 9.59 Å². The van der Waals surface area contributed by atoms with Crippen LogP contribution in [0.3, 0.4) is 0 Å². The summed E-state index contributed by atoms with van der Waals surface area (Å²) in [5, 5.41) is 1.91. The lowest BCUT2D eigenvalue weighted by Gasteiger charge is -2.22. The molecule has 35 heavy (non-hydrogen) atoms. The number of carbonyl (C=O) groups is 2. The third-order valence-electron chi connectivity index (χ3n) is 7.66. The highest BCUT2D eigenvalue weighted by molar-refractivity contribution is 6.45. The van der Waals surface area contributed by atoms with E-state index in [0.717, 1.165) is 70.1 Å². The Labute approximate surface area is 204 Å². The molecule has 4 heterocycles. The number of hydrogen-bond donors (Lipinski definition) is 1. The van der Waals surface area contributed by atoms with Crippen molar-refractivity contribution in [3.05, 3.63) is 71.6 Å². The fourth-order valence-corrected chi connectivity index (χ4v) is 5.84. The number of amides is 2. The minimum absolute atomic E-state index is 0.194. The van der Waals surface area contributed by atoms with E-state index in [1.165, 1.54) is 11.0 Å². The number of carbonyl (C=O) groups excluding carboxylic acids is 2. The first kappa shape index (κ1) is 21.9. The fourth-order valence-electron chi connectivity index (χ4n) is 5.84. The maximum atomic E-state index is 14.0. The Kier molecular flexibility index (Phi) is 4.97. The van der Waals surface area contributed by atoms with Crippen LogP contribution >= 0.6 is 0 Å². The van der Waals surface area contributed by atoms with Crippen molar-refractivity contribution in [2.45, 2.75) is 45.7 Å². The zero-order valence-corrected chi connectivity index (χ0v) is 20.4. The molecule has 6 rings (SSSR count). The van der Waals surface area contributed by atoms with Crippen molar-refractivity contribution in [1.82, 2.24) is 9.13 Å². The predicted molar refractivity (Wildman–Crippen MR) is 140 cm³/mol. The lowest BCUT2D eigenvalue weighted by Crippen LogP contribution is -2.32. The van der Waals surface area contributed by atoms with E-state index in [1.807, 2.05) is 54.2 Å². The van der Waals surface area contributed by atoms with Crippen LogP contribution in [0.15, 0.2) is 54.7 Å². The Hall–Kier alpha value is -3.64. The van der Waals surface area contributed by atoms with Gasteiger partial charge in [0.25, 0.3) is 11.8 Å². The van der Waals surface area contributed by atoms with Gasteiger partial charge in [-0.15, -0.1) is 0 Å². The van der Waals surface area contributed by atoms with Crippen molar-refractivity contribution in [3.8, 4) is 0 Å². The molecule has 2 aromatic carbocycles. The summed E-state index contributed by atoms with van der Waals surface area (Å²) in [6.45, 7) is 5.09. The second-order valence-corrected chi connectivity index (χ2v) is 10.1. The van der Waals surface area contributed by atoms with Gasteiger partial charge in [0.1, 0.15) is 0 Å². The third kappa shape index (κ3) is 3.13. The molecule has 0 aliphatic carbocycles. The third-order valence-corrected chi connectivity index (χ3v) is 7.66. The van der Waals surface area contributed by atoms with Crippen molar-refractivity contribution < 1.29 is 9.59 Å². The van der Waals surface area contributed by atoms with E-state index in [2.05, 4.69) is 24.5 Å². The number of para-hydroxylation sites is 1. The van der Waals surface area contributed by atoms with Gasteiger partial charge >= 0.3 is 0 Å². The molecule has 1 atom stereocenters. The quantitative estimate of drug-likeness (QED) is 0.426. The highest BCUT2D eigenvalue weighted by Gasteiger charge is 2.39. The van der Waals surface area contributed by atoms with Gasteiger partial charge in [0.2, 0.25) is 0 Å². The molecule has 178 valence electrons. The average Bonchev–Trinajstić information content (AvgIpc) is 3.47. The predicted octanol–water partition coefficient (Wildman–Crippen LogP) is 5.08. The van der Waals surface area contributed by atoms with Crippen LogP contribution in [0.1, 0.15) is 49.6 Å². The number of imide groups is 1. The minimum Gasteiger partial charge on any atom is -0.350 e. The molecule has 0 fully saturated rings. The number of fused-ring (bicyclic) bond motifs is 4. The molecule has 0 spiro atoms. The number of rotatable bonds is 4. The van der Waals surface area contributed by atoms with Crippen LogP contribution in [0.2, 0.25) is 0 Å². The molecule has 2 aromatic heterocycles. The Balaban J connectivity index is 1.56. The second kappa shape index (κ2) is 7.95. The minimum atomic E-state index is -0.285. The second-order valence-electron chi connectivity index (χ2n) is 10.1. The smallest absolute Gasteiger partial charge is 0.266 e. The van der Waals surface area contributed by atoms with Gasteiger partial charge < -0.3 is 14.9 Å². The summed E-state index contributed by atoms with van der Waals surface area (Å²) in [6.07, 6.45) is 6.40. The summed E-state index contributed by atoms with van der Waals surface area (Å²) in [7, 11) is 1.96. The Morgan fingerprint density at radius 3 is 2.54 bits per heavy atom. The normalized spacial score (nSPS) is 17.1. The van der Waals surface area contributed by atoms with E-state index in [4.69, 9.17) is 5.73 Å². The average molecular weight is 467 g/mol. The van der Waals surface area contributed by atoms with E-state index in [-0.39, 0.29) is 23.8 Å². The van der Waals surface area contributed by atoms with E-state index < -0.39 is 0 Å². The van der Waals surface area contributed by atoms with Gasteiger partial charge in [-0.2, -0.15) is 0 Å². The van der Waals surface area contributed by atoms with E-state index in [0.29, 0.717) is 5.57 Å². The van der Waals surface area contributed by atoms with Gasteiger partial charge in [-0.1, -0.05) is 44.2 Å². The summed E-state index contributed by atoms with van der Waals surface area (Å²) in [5.74, 6) is -0.327. The van der Waals surface area contributed by atoms with Gasteiger partial charge in [-0.05, 0) is 42.9 Å². The molecule has 2 aliphatic rings. The van der Waals surface area contributed by atoms with Crippen molar-refractivity contribution in [2.24, 2.45) is 18.7 Å². The Morgan fingerprint density at radius 1 is 0.971 bits per heavy atom. The lowest BCUT2D eigenvalue weighted by molar-refractivity contribution is -0.119. The molecule has 6 nitrogen and oxygen atoms in total. The number of nitrogens with zero attached hydrogens (tertiary/aromatic N) is 3. The monoisotopic (exact) mass is 466 g/mol. The standard InChI is InChI=1S/C29H30N4O2/c1-17(2)27(30)19-10-8-13-23-26(19)28(24-12-6-7-14-32(23)24)33-25(34)15-20(29(33)35)21-16-31(3)22-11-5-4-9-18(21)22/h4-5,8-11,13,15-17,27H,6-7,12,14,30H2,1-3H3/t27-/m0/s1. The number of aryl methyl sites for hydroxylation is 2.